The van der Waals surface area contributed by atoms with Crippen LogP contribution in [0.4, 0.5) is 0 Å². The molecule has 0 saturated carbocycles. The van der Waals surface area contributed by atoms with Gasteiger partial charge in [0.05, 0.1) is 18.0 Å². The normalized spacial score (nSPS) is 10.6. The number of rotatable bonds is 5. The molecule has 0 bridgehead atoms. The molecule has 2 heterocycles. The molecule has 0 radical (unpaired) electrons. The van der Waals surface area contributed by atoms with Gasteiger partial charge in [-0.15, -0.1) is 11.3 Å². The molecule has 2 aromatic heterocycles. The number of thiophene rings is 1. The predicted octanol–water partition coefficient (Wildman–Crippen LogP) is 2.76. The van der Waals surface area contributed by atoms with E-state index in [2.05, 4.69) is 10.3 Å². The average Bonchev–Trinajstić information content (AvgIpc) is 2.95. The summed E-state index contributed by atoms with van der Waals surface area (Å²) in [5.41, 5.74) is 0.872. The third-order valence-electron chi connectivity index (χ3n) is 2.38. The third-order valence-corrected chi connectivity index (χ3v) is 4.08. The van der Waals surface area contributed by atoms with E-state index in [4.69, 9.17) is 4.42 Å². The van der Waals surface area contributed by atoms with Gasteiger partial charge in [-0.25, -0.2) is 4.98 Å². The second-order valence-electron chi connectivity index (χ2n) is 3.77. The number of nitrogens with zero attached hydrogens (tertiary/aromatic N) is 1. The predicted molar refractivity (Wildman–Crippen MR) is 72.9 cm³/mol. The number of thioether (sulfide) groups is 1. The third kappa shape index (κ3) is 3.61. The van der Waals surface area contributed by atoms with Crippen molar-refractivity contribution in [2.24, 2.45) is 0 Å². The van der Waals surface area contributed by atoms with Gasteiger partial charge < -0.3 is 9.73 Å². The van der Waals surface area contributed by atoms with E-state index in [0.29, 0.717) is 17.5 Å². The monoisotopic (exact) mass is 282 g/mol. The Kier molecular flexibility index (Phi) is 4.43. The van der Waals surface area contributed by atoms with Gasteiger partial charge in [0.25, 0.3) is 5.22 Å². The lowest BCUT2D eigenvalue weighted by molar-refractivity contribution is -0.118. The van der Waals surface area contributed by atoms with Gasteiger partial charge in [-0.05, 0) is 25.3 Å². The summed E-state index contributed by atoms with van der Waals surface area (Å²) in [4.78, 5) is 17.0. The van der Waals surface area contributed by atoms with Crippen molar-refractivity contribution in [3.05, 3.63) is 33.8 Å². The molecule has 0 saturated heterocycles. The first-order chi connectivity index (χ1) is 8.65. The molecule has 0 aliphatic carbocycles. The van der Waals surface area contributed by atoms with Crippen LogP contribution in [0.15, 0.2) is 27.2 Å². The van der Waals surface area contributed by atoms with Gasteiger partial charge in [0.2, 0.25) is 5.91 Å². The summed E-state index contributed by atoms with van der Waals surface area (Å²) in [5.74, 6) is 1.11. The number of oxazole rings is 1. The summed E-state index contributed by atoms with van der Waals surface area (Å²) in [5, 5.41) is 5.40. The first kappa shape index (κ1) is 13.2. The van der Waals surface area contributed by atoms with Crippen molar-refractivity contribution in [1.82, 2.24) is 10.3 Å². The molecular formula is C12H14N2O2S2. The number of hydrogen-bond donors (Lipinski definition) is 1. The lowest BCUT2D eigenvalue weighted by Crippen LogP contribution is -2.24. The quantitative estimate of drug-likeness (QED) is 0.857. The van der Waals surface area contributed by atoms with E-state index in [0.717, 1.165) is 16.3 Å². The Bertz CT molecular complexity index is 501. The number of carbonyl (C=O) groups is 1. The van der Waals surface area contributed by atoms with Gasteiger partial charge in [0, 0.05) is 4.88 Å². The summed E-state index contributed by atoms with van der Waals surface area (Å²) >= 11 is 2.95. The highest BCUT2D eigenvalue weighted by Crippen LogP contribution is 2.19. The van der Waals surface area contributed by atoms with E-state index in [1.54, 1.807) is 11.3 Å². The molecule has 18 heavy (non-hydrogen) atoms. The van der Waals surface area contributed by atoms with E-state index in [1.807, 2.05) is 31.4 Å². The van der Waals surface area contributed by atoms with Gasteiger partial charge >= 0.3 is 0 Å². The van der Waals surface area contributed by atoms with Gasteiger partial charge in [-0.2, -0.15) is 0 Å². The van der Waals surface area contributed by atoms with Crippen molar-refractivity contribution in [2.75, 3.05) is 5.75 Å². The fourth-order valence-corrected chi connectivity index (χ4v) is 2.67. The molecule has 96 valence electrons. The molecule has 0 aliphatic rings. The molecule has 0 unspecified atom stereocenters. The minimum atomic E-state index is -0.0121. The van der Waals surface area contributed by atoms with E-state index in [-0.39, 0.29) is 5.91 Å². The standard InChI is InChI=1S/C12H14N2O2S2/c1-8-9(2)16-12(14-8)18-7-11(15)13-6-10-4-3-5-17-10/h3-5H,6-7H2,1-2H3,(H,13,15). The highest BCUT2D eigenvalue weighted by molar-refractivity contribution is 7.99. The van der Waals surface area contributed by atoms with Crippen molar-refractivity contribution >= 4 is 29.0 Å². The maximum Gasteiger partial charge on any atom is 0.256 e. The molecule has 0 spiro atoms. The van der Waals surface area contributed by atoms with E-state index < -0.39 is 0 Å². The summed E-state index contributed by atoms with van der Waals surface area (Å²) < 4.78 is 5.39. The Hall–Kier alpha value is -1.27. The van der Waals surface area contributed by atoms with E-state index >= 15 is 0 Å². The number of aryl methyl sites for hydroxylation is 2. The van der Waals surface area contributed by atoms with E-state index in [1.165, 1.54) is 11.8 Å². The maximum atomic E-state index is 11.6. The largest absolute Gasteiger partial charge is 0.437 e. The van der Waals surface area contributed by atoms with Crippen LogP contribution in [0.5, 0.6) is 0 Å². The fraction of sp³-hybridized carbons (Fsp3) is 0.333. The zero-order chi connectivity index (χ0) is 13.0. The van der Waals surface area contributed by atoms with Crippen LogP contribution in [0.25, 0.3) is 0 Å². The first-order valence-corrected chi connectivity index (χ1v) is 7.37. The maximum absolute atomic E-state index is 11.6. The van der Waals surface area contributed by atoms with Crippen LogP contribution in [0.2, 0.25) is 0 Å². The zero-order valence-corrected chi connectivity index (χ0v) is 11.9. The SMILES string of the molecule is Cc1nc(SCC(=O)NCc2cccs2)oc1C. The average molecular weight is 282 g/mol. The Morgan fingerprint density at radius 3 is 3.00 bits per heavy atom. The van der Waals surface area contributed by atoms with Crippen molar-refractivity contribution in [2.45, 2.75) is 25.6 Å². The molecule has 0 fully saturated rings. The minimum Gasteiger partial charge on any atom is -0.437 e. The number of aromatic nitrogens is 1. The summed E-state index contributed by atoms with van der Waals surface area (Å²) in [7, 11) is 0. The second-order valence-corrected chi connectivity index (χ2v) is 5.72. The van der Waals surface area contributed by atoms with E-state index in [9.17, 15) is 4.79 Å². The van der Waals surface area contributed by atoms with Crippen LogP contribution < -0.4 is 5.32 Å². The molecule has 0 atom stereocenters. The zero-order valence-electron chi connectivity index (χ0n) is 10.2. The molecule has 1 N–H and O–H groups in total. The Labute approximate surface area is 114 Å². The van der Waals surface area contributed by atoms with Crippen LogP contribution >= 0.6 is 23.1 Å². The van der Waals surface area contributed by atoms with Crippen LogP contribution in [0, 0.1) is 13.8 Å². The lowest BCUT2D eigenvalue weighted by atomic mass is 10.4. The second kappa shape index (κ2) is 6.06. The van der Waals surface area contributed by atoms with Crippen molar-refractivity contribution < 1.29 is 9.21 Å². The molecule has 2 rings (SSSR count). The highest BCUT2D eigenvalue weighted by atomic mass is 32.2. The van der Waals surface area contributed by atoms with Crippen molar-refractivity contribution in [3.8, 4) is 0 Å². The molecule has 1 amide bonds. The summed E-state index contributed by atoms with van der Waals surface area (Å²) in [6.07, 6.45) is 0. The van der Waals surface area contributed by atoms with Crippen LogP contribution in [0.3, 0.4) is 0 Å². The number of carbonyl (C=O) groups excluding carboxylic acids is 1. The van der Waals surface area contributed by atoms with Crippen molar-refractivity contribution in [3.63, 3.8) is 0 Å². The Balaban J connectivity index is 1.74. The summed E-state index contributed by atoms with van der Waals surface area (Å²) in [6, 6.07) is 3.97. The van der Waals surface area contributed by atoms with Crippen molar-refractivity contribution in [1.29, 1.82) is 0 Å². The number of nitrogens with one attached hydrogen (secondary N) is 1. The molecule has 0 aliphatic heterocycles. The Morgan fingerprint density at radius 1 is 1.56 bits per heavy atom. The number of hydrogen-bond acceptors (Lipinski definition) is 5. The van der Waals surface area contributed by atoms with Crippen LogP contribution in [0.1, 0.15) is 16.3 Å². The van der Waals surface area contributed by atoms with Gasteiger partial charge in [-0.1, -0.05) is 17.8 Å². The lowest BCUT2D eigenvalue weighted by Gasteiger charge is -2.01. The smallest absolute Gasteiger partial charge is 0.256 e. The van der Waals surface area contributed by atoms with Crippen LogP contribution in [-0.4, -0.2) is 16.6 Å². The molecule has 6 heteroatoms. The topological polar surface area (TPSA) is 55.1 Å². The summed E-state index contributed by atoms with van der Waals surface area (Å²) in [6.45, 7) is 4.34. The highest BCUT2D eigenvalue weighted by Gasteiger charge is 2.09. The Morgan fingerprint density at radius 2 is 2.39 bits per heavy atom. The first-order valence-electron chi connectivity index (χ1n) is 5.51. The fourth-order valence-electron chi connectivity index (χ4n) is 1.28. The molecule has 4 nitrogen and oxygen atoms in total. The molecular weight excluding hydrogens is 268 g/mol. The van der Waals surface area contributed by atoms with Gasteiger partial charge in [0.15, 0.2) is 0 Å². The van der Waals surface area contributed by atoms with Gasteiger partial charge in [0.1, 0.15) is 5.76 Å². The molecule has 0 aromatic carbocycles. The minimum absolute atomic E-state index is 0.0121. The number of amides is 1. The molecule has 2 aromatic rings. The van der Waals surface area contributed by atoms with Gasteiger partial charge in [-0.3, -0.25) is 4.79 Å². The van der Waals surface area contributed by atoms with Crippen LogP contribution in [-0.2, 0) is 11.3 Å².